The number of carbonyl (C=O) groups is 3. The van der Waals surface area contributed by atoms with Gasteiger partial charge in [0, 0.05) is 11.4 Å². The number of ether oxygens (including phenoxy) is 1. The third-order valence-electron chi connectivity index (χ3n) is 4.26. The molecule has 2 amide bonds. The van der Waals surface area contributed by atoms with E-state index < -0.39 is 11.9 Å². The van der Waals surface area contributed by atoms with Crippen molar-refractivity contribution in [2.75, 3.05) is 17.2 Å². The third kappa shape index (κ3) is 5.67. The predicted molar refractivity (Wildman–Crippen MR) is 109 cm³/mol. The van der Waals surface area contributed by atoms with E-state index in [2.05, 4.69) is 10.6 Å². The fourth-order valence-electron chi connectivity index (χ4n) is 2.84. The topological polar surface area (TPSA) is 84.5 Å². The highest BCUT2D eigenvalue weighted by atomic mass is 16.5. The first-order valence-electron chi connectivity index (χ1n) is 9.46. The quantitative estimate of drug-likeness (QED) is 0.535. The molecule has 0 radical (unpaired) electrons. The van der Waals surface area contributed by atoms with Gasteiger partial charge in [-0.05, 0) is 55.2 Å². The molecule has 0 atom stereocenters. The fraction of sp³-hybridized carbons (Fsp3) is 0.318. The number of hydrogen-bond donors (Lipinski definition) is 2. The molecule has 2 aromatic rings. The SMILES string of the molecule is CCOC(=O)c1ccc(NC(=O)CC(=O)Nc2c(CC)cccc2CC)cc1. The molecule has 6 heteroatoms. The second-order valence-electron chi connectivity index (χ2n) is 6.23. The minimum absolute atomic E-state index is 0.291. The Morgan fingerprint density at radius 1 is 0.821 bits per heavy atom. The van der Waals surface area contributed by atoms with E-state index in [9.17, 15) is 14.4 Å². The van der Waals surface area contributed by atoms with E-state index in [0.717, 1.165) is 29.7 Å². The van der Waals surface area contributed by atoms with Crippen LogP contribution in [0, 0.1) is 0 Å². The van der Waals surface area contributed by atoms with E-state index in [-0.39, 0.29) is 12.3 Å². The van der Waals surface area contributed by atoms with Crippen molar-refractivity contribution < 1.29 is 19.1 Å². The predicted octanol–water partition coefficient (Wildman–Crippen LogP) is 3.96. The van der Waals surface area contributed by atoms with Crippen molar-refractivity contribution in [1.82, 2.24) is 0 Å². The van der Waals surface area contributed by atoms with Crippen LogP contribution in [-0.2, 0) is 27.2 Å². The lowest BCUT2D eigenvalue weighted by atomic mass is 10.0. The molecular weight excluding hydrogens is 356 g/mol. The molecule has 0 fully saturated rings. The van der Waals surface area contributed by atoms with E-state index in [1.807, 2.05) is 32.0 Å². The van der Waals surface area contributed by atoms with Crippen LogP contribution in [-0.4, -0.2) is 24.4 Å². The molecule has 0 saturated heterocycles. The molecule has 2 aromatic carbocycles. The summed E-state index contributed by atoms with van der Waals surface area (Å²) < 4.78 is 4.92. The molecule has 0 heterocycles. The normalized spacial score (nSPS) is 10.2. The van der Waals surface area contributed by atoms with Crippen LogP contribution in [0.15, 0.2) is 42.5 Å². The van der Waals surface area contributed by atoms with E-state index in [0.29, 0.717) is 17.9 Å². The average Bonchev–Trinajstić information content (AvgIpc) is 2.68. The smallest absolute Gasteiger partial charge is 0.338 e. The fourth-order valence-corrected chi connectivity index (χ4v) is 2.84. The number of nitrogens with one attached hydrogen (secondary N) is 2. The largest absolute Gasteiger partial charge is 0.462 e. The summed E-state index contributed by atoms with van der Waals surface area (Å²) in [4.78, 5) is 36.2. The summed E-state index contributed by atoms with van der Waals surface area (Å²) in [6.45, 7) is 6.08. The molecule has 0 unspecified atom stereocenters. The Bertz CT molecular complexity index is 822. The van der Waals surface area contributed by atoms with Gasteiger partial charge >= 0.3 is 5.97 Å². The van der Waals surface area contributed by atoms with Gasteiger partial charge in [0.2, 0.25) is 11.8 Å². The number of aryl methyl sites for hydroxylation is 2. The number of carbonyl (C=O) groups excluding carboxylic acids is 3. The first-order valence-corrected chi connectivity index (χ1v) is 9.46. The van der Waals surface area contributed by atoms with Crippen molar-refractivity contribution in [2.45, 2.75) is 40.0 Å². The minimum atomic E-state index is -0.423. The lowest BCUT2D eigenvalue weighted by Gasteiger charge is -2.14. The Kier molecular flexibility index (Phi) is 7.75. The highest BCUT2D eigenvalue weighted by molar-refractivity contribution is 6.08. The number of para-hydroxylation sites is 1. The van der Waals surface area contributed by atoms with Crippen LogP contribution >= 0.6 is 0 Å². The molecule has 0 aliphatic carbocycles. The van der Waals surface area contributed by atoms with Crippen molar-refractivity contribution in [3.8, 4) is 0 Å². The van der Waals surface area contributed by atoms with Gasteiger partial charge in [-0.15, -0.1) is 0 Å². The summed E-state index contributed by atoms with van der Waals surface area (Å²) in [5, 5.41) is 5.54. The van der Waals surface area contributed by atoms with Crippen LogP contribution in [0.4, 0.5) is 11.4 Å². The second kappa shape index (κ2) is 10.3. The monoisotopic (exact) mass is 382 g/mol. The maximum absolute atomic E-state index is 12.3. The highest BCUT2D eigenvalue weighted by Gasteiger charge is 2.14. The summed E-state index contributed by atoms with van der Waals surface area (Å²) >= 11 is 0. The lowest BCUT2D eigenvalue weighted by Crippen LogP contribution is -2.22. The molecule has 0 aliphatic rings. The van der Waals surface area contributed by atoms with Crippen molar-refractivity contribution >= 4 is 29.2 Å². The highest BCUT2D eigenvalue weighted by Crippen LogP contribution is 2.22. The van der Waals surface area contributed by atoms with Crippen molar-refractivity contribution in [3.05, 3.63) is 59.2 Å². The van der Waals surface area contributed by atoms with Gasteiger partial charge in [-0.25, -0.2) is 4.79 Å². The van der Waals surface area contributed by atoms with E-state index in [4.69, 9.17) is 4.74 Å². The first kappa shape index (κ1) is 21.2. The van der Waals surface area contributed by atoms with Crippen LogP contribution in [0.5, 0.6) is 0 Å². The van der Waals surface area contributed by atoms with Crippen LogP contribution < -0.4 is 10.6 Å². The standard InChI is InChI=1S/C22H26N2O4/c1-4-15-8-7-9-16(5-2)21(15)24-20(26)14-19(25)23-18-12-10-17(11-13-18)22(27)28-6-3/h7-13H,4-6,14H2,1-3H3,(H,23,25)(H,24,26). The maximum atomic E-state index is 12.3. The van der Waals surface area contributed by atoms with Crippen molar-refractivity contribution in [2.24, 2.45) is 0 Å². The van der Waals surface area contributed by atoms with Gasteiger partial charge in [-0.1, -0.05) is 32.0 Å². The second-order valence-corrected chi connectivity index (χ2v) is 6.23. The molecule has 0 saturated carbocycles. The maximum Gasteiger partial charge on any atom is 0.338 e. The summed E-state index contributed by atoms with van der Waals surface area (Å²) in [5.41, 5.74) is 3.80. The van der Waals surface area contributed by atoms with Crippen LogP contribution in [0.1, 0.15) is 48.7 Å². The molecular formula is C22H26N2O4. The number of hydrogen-bond acceptors (Lipinski definition) is 4. The van der Waals surface area contributed by atoms with E-state index in [1.165, 1.54) is 0 Å². The summed E-state index contributed by atoms with van der Waals surface area (Å²) in [7, 11) is 0. The van der Waals surface area contributed by atoms with Gasteiger partial charge in [0.15, 0.2) is 0 Å². The van der Waals surface area contributed by atoms with E-state index >= 15 is 0 Å². The first-order chi connectivity index (χ1) is 13.5. The number of rotatable bonds is 8. The summed E-state index contributed by atoms with van der Waals surface area (Å²) in [6, 6.07) is 12.3. The number of anilines is 2. The zero-order valence-corrected chi connectivity index (χ0v) is 16.5. The Morgan fingerprint density at radius 2 is 1.39 bits per heavy atom. The molecule has 0 spiro atoms. The zero-order chi connectivity index (χ0) is 20.5. The summed E-state index contributed by atoms with van der Waals surface area (Å²) in [6.07, 6.45) is 1.30. The molecule has 6 nitrogen and oxygen atoms in total. The van der Waals surface area contributed by atoms with Gasteiger partial charge in [-0.3, -0.25) is 9.59 Å². The van der Waals surface area contributed by atoms with Crippen LogP contribution in [0.25, 0.3) is 0 Å². The average molecular weight is 382 g/mol. The van der Waals surface area contributed by atoms with Crippen LogP contribution in [0.2, 0.25) is 0 Å². The molecule has 2 N–H and O–H groups in total. The van der Waals surface area contributed by atoms with Gasteiger partial charge in [-0.2, -0.15) is 0 Å². The number of amides is 2. The molecule has 148 valence electrons. The van der Waals surface area contributed by atoms with Crippen LogP contribution in [0.3, 0.4) is 0 Å². The minimum Gasteiger partial charge on any atom is -0.462 e. The van der Waals surface area contributed by atoms with Gasteiger partial charge in [0.05, 0.1) is 12.2 Å². The van der Waals surface area contributed by atoms with Crippen molar-refractivity contribution in [1.29, 1.82) is 0 Å². The van der Waals surface area contributed by atoms with Gasteiger partial charge in [0.25, 0.3) is 0 Å². The molecule has 28 heavy (non-hydrogen) atoms. The molecule has 0 aromatic heterocycles. The molecule has 2 rings (SSSR count). The Hall–Kier alpha value is -3.15. The Balaban J connectivity index is 1.96. The molecule has 0 aliphatic heterocycles. The van der Waals surface area contributed by atoms with Gasteiger partial charge < -0.3 is 15.4 Å². The summed E-state index contributed by atoms with van der Waals surface area (Å²) in [5.74, 6) is -1.20. The lowest BCUT2D eigenvalue weighted by molar-refractivity contribution is -0.123. The third-order valence-corrected chi connectivity index (χ3v) is 4.26. The Labute approximate surface area is 165 Å². The van der Waals surface area contributed by atoms with Crippen molar-refractivity contribution in [3.63, 3.8) is 0 Å². The number of benzene rings is 2. The Morgan fingerprint density at radius 3 is 1.93 bits per heavy atom. The zero-order valence-electron chi connectivity index (χ0n) is 16.5. The number of esters is 1. The molecule has 0 bridgehead atoms. The van der Waals surface area contributed by atoms with E-state index in [1.54, 1.807) is 31.2 Å². The van der Waals surface area contributed by atoms with Gasteiger partial charge in [0.1, 0.15) is 6.42 Å².